The lowest BCUT2D eigenvalue weighted by atomic mass is 10.1. The van der Waals surface area contributed by atoms with Crippen LogP contribution >= 0.6 is 0 Å². The third-order valence-electron chi connectivity index (χ3n) is 4.32. The van der Waals surface area contributed by atoms with E-state index in [2.05, 4.69) is 4.90 Å². The second-order valence-corrected chi connectivity index (χ2v) is 5.96. The Morgan fingerprint density at radius 1 is 1.35 bits per heavy atom. The topological polar surface area (TPSA) is 41.9 Å². The van der Waals surface area contributed by atoms with Crippen molar-refractivity contribution in [2.24, 2.45) is 5.92 Å². The van der Waals surface area contributed by atoms with Crippen LogP contribution in [0.2, 0.25) is 0 Å². The van der Waals surface area contributed by atoms with Crippen molar-refractivity contribution in [2.75, 3.05) is 32.8 Å². The van der Waals surface area contributed by atoms with E-state index in [0.29, 0.717) is 19.1 Å². The molecule has 0 aromatic heterocycles. The van der Waals surface area contributed by atoms with Gasteiger partial charge in [-0.1, -0.05) is 30.3 Å². The van der Waals surface area contributed by atoms with Gasteiger partial charge in [0.2, 0.25) is 0 Å². The molecule has 0 saturated carbocycles. The number of benzene rings is 1. The molecule has 2 aliphatic rings. The predicted octanol–water partition coefficient (Wildman–Crippen LogP) is 1.59. The smallest absolute Gasteiger partial charge is 0.192 e. The summed E-state index contributed by atoms with van der Waals surface area (Å²) >= 11 is 0. The molecule has 1 N–H and O–H groups in total. The molecule has 0 spiro atoms. The molecule has 110 valence electrons. The number of ether oxygens (including phenoxy) is 2. The molecule has 4 nitrogen and oxygen atoms in total. The van der Waals surface area contributed by atoms with Gasteiger partial charge in [-0.15, -0.1) is 0 Å². The third-order valence-corrected chi connectivity index (χ3v) is 4.32. The first-order valence-corrected chi connectivity index (χ1v) is 7.40. The van der Waals surface area contributed by atoms with E-state index in [1.54, 1.807) is 0 Å². The van der Waals surface area contributed by atoms with Crippen molar-refractivity contribution in [1.82, 2.24) is 4.90 Å². The maximum atomic E-state index is 9.19. The summed E-state index contributed by atoms with van der Waals surface area (Å²) in [5, 5.41) is 9.19. The van der Waals surface area contributed by atoms with Crippen LogP contribution in [-0.2, 0) is 15.3 Å². The molecular weight excluding hydrogens is 254 g/mol. The molecule has 0 radical (unpaired) electrons. The van der Waals surface area contributed by atoms with Gasteiger partial charge < -0.3 is 19.5 Å². The highest BCUT2D eigenvalue weighted by Gasteiger charge is 2.39. The molecule has 0 bridgehead atoms. The maximum Gasteiger partial charge on any atom is 0.192 e. The first-order valence-electron chi connectivity index (χ1n) is 7.40. The highest BCUT2D eigenvalue weighted by atomic mass is 16.7. The summed E-state index contributed by atoms with van der Waals surface area (Å²) in [6, 6.07) is 10.1. The van der Waals surface area contributed by atoms with Crippen LogP contribution in [0.4, 0.5) is 0 Å². The van der Waals surface area contributed by atoms with Crippen molar-refractivity contribution in [3.8, 4) is 0 Å². The van der Waals surface area contributed by atoms with Crippen LogP contribution in [0.1, 0.15) is 18.9 Å². The average Bonchev–Trinajstić information content (AvgIpc) is 3.08. The van der Waals surface area contributed by atoms with E-state index in [4.69, 9.17) is 9.47 Å². The number of hydrogen-bond donors (Lipinski definition) is 1. The second kappa shape index (κ2) is 5.82. The van der Waals surface area contributed by atoms with Gasteiger partial charge >= 0.3 is 0 Å². The normalized spacial score (nSPS) is 34.7. The Bertz CT molecular complexity index is 439. The van der Waals surface area contributed by atoms with E-state index in [-0.39, 0.29) is 6.10 Å². The van der Waals surface area contributed by atoms with E-state index >= 15 is 0 Å². The molecule has 3 unspecified atom stereocenters. The summed E-state index contributed by atoms with van der Waals surface area (Å²) in [7, 11) is 0. The molecule has 1 aromatic carbocycles. The number of aliphatic hydroxyl groups is 1. The second-order valence-electron chi connectivity index (χ2n) is 5.96. The molecule has 3 rings (SSSR count). The lowest BCUT2D eigenvalue weighted by molar-refractivity contribution is -0.163. The van der Waals surface area contributed by atoms with Crippen molar-refractivity contribution in [3.63, 3.8) is 0 Å². The minimum absolute atomic E-state index is 0.109. The SMILES string of the molecule is CC1(c2ccccc2)OCC(CN2CCC(CO)C2)O1. The number of rotatable bonds is 4. The molecule has 1 aromatic rings. The van der Waals surface area contributed by atoms with Gasteiger partial charge in [0.1, 0.15) is 0 Å². The Balaban J connectivity index is 1.57. The minimum atomic E-state index is -0.623. The van der Waals surface area contributed by atoms with Crippen LogP contribution in [-0.4, -0.2) is 49.0 Å². The van der Waals surface area contributed by atoms with Crippen LogP contribution in [0.3, 0.4) is 0 Å². The van der Waals surface area contributed by atoms with E-state index in [1.807, 2.05) is 37.3 Å². The number of nitrogens with zero attached hydrogens (tertiary/aromatic N) is 1. The third kappa shape index (κ3) is 2.88. The highest BCUT2D eigenvalue weighted by molar-refractivity contribution is 5.20. The zero-order valence-corrected chi connectivity index (χ0v) is 12.0. The minimum Gasteiger partial charge on any atom is -0.396 e. The lowest BCUT2D eigenvalue weighted by Gasteiger charge is -2.25. The lowest BCUT2D eigenvalue weighted by Crippen LogP contribution is -2.33. The number of aliphatic hydroxyl groups excluding tert-OH is 1. The molecule has 0 amide bonds. The van der Waals surface area contributed by atoms with Crippen molar-refractivity contribution in [2.45, 2.75) is 25.2 Å². The molecule has 2 heterocycles. The van der Waals surface area contributed by atoms with Gasteiger partial charge in [0.25, 0.3) is 0 Å². The van der Waals surface area contributed by atoms with Crippen LogP contribution in [0.15, 0.2) is 30.3 Å². The van der Waals surface area contributed by atoms with Crippen LogP contribution < -0.4 is 0 Å². The predicted molar refractivity (Wildman–Crippen MR) is 76.3 cm³/mol. The monoisotopic (exact) mass is 277 g/mol. The molecule has 20 heavy (non-hydrogen) atoms. The summed E-state index contributed by atoms with van der Waals surface area (Å²) in [5.74, 6) is -0.194. The first-order chi connectivity index (χ1) is 9.69. The first kappa shape index (κ1) is 14.0. The van der Waals surface area contributed by atoms with Gasteiger partial charge in [-0.3, -0.25) is 0 Å². The van der Waals surface area contributed by atoms with E-state index < -0.39 is 5.79 Å². The van der Waals surface area contributed by atoms with E-state index in [1.165, 1.54) is 0 Å². The van der Waals surface area contributed by atoms with E-state index in [9.17, 15) is 5.11 Å². The Kier molecular flexibility index (Phi) is 4.08. The fourth-order valence-corrected chi connectivity index (χ4v) is 3.14. The zero-order chi connectivity index (χ0) is 14.0. The van der Waals surface area contributed by atoms with Crippen molar-refractivity contribution >= 4 is 0 Å². The van der Waals surface area contributed by atoms with Crippen LogP contribution in [0.5, 0.6) is 0 Å². The number of likely N-dealkylation sites (tertiary alicyclic amines) is 1. The van der Waals surface area contributed by atoms with Crippen molar-refractivity contribution < 1.29 is 14.6 Å². The maximum absolute atomic E-state index is 9.19. The molecule has 2 aliphatic heterocycles. The molecule has 3 atom stereocenters. The largest absolute Gasteiger partial charge is 0.396 e. The molecule has 2 saturated heterocycles. The fourth-order valence-electron chi connectivity index (χ4n) is 3.14. The van der Waals surface area contributed by atoms with Crippen molar-refractivity contribution in [3.05, 3.63) is 35.9 Å². The van der Waals surface area contributed by atoms with E-state index in [0.717, 1.165) is 31.6 Å². The fraction of sp³-hybridized carbons (Fsp3) is 0.625. The number of hydrogen-bond acceptors (Lipinski definition) is 4. The van der Waals surface area contributed by atoms with Gasteiger partial charge in [0.15, 0.2) is 5.79 Å². The van der Waals surface area contributed by atoms with Gasteiger partial charge in [0, 0.05) is 25.3 Å². The zero-order valence-electron chi connectivity index (χ0n) is 12.0. The van der Waals surface area contributed by atoms with Gasteiger partial charge in [0.05, 0.1) is 12.7 Å². The quantitative estimate of drug-likeness (QED) is 0.907. The standard InChI is InChI=1S/C16H23NO3/c1-16(14-5-3-2-4-6-14)19-12-15(20-16)10-17-8-7-13(9-17)11-18/h2-6,13,15,18H,7-12H2,1H3. The summed E-state index contributed by atoms with van der Waals surface area (Å²) in [6.07, 6.45) is 1.19. The van der Waals surface area contributed by atoms with Gasteiger partial charge in [-0.2, -0.15) is 0 Å². The van der Waals surface area contributed by atoms with Gasteiger partial charge in [-0.05, 0) is 25.8 Å². The Morgan fingerprint density at radius 3 is 2.85 bits per heavy atom. The Labute approximate surface area is 120 Å². The van der Waals surface area contributed by atoms with Crippen LogP contribution in [0.25, 0.3) is 0 Å². The average molecular weight is 277 g/mol. The molecule has 0 aliphatic carbocycles. The Hall–Kier alpha value is -0.940. The summed E-state index contributed by atoms with van der Waals surface area (Å²) in [6.45, 7) is 5.82. The molecule has 4 heteroatoms. The molecule has 2 fully saturated rings. The summed E-state index contributed by atoms with van der Waals surface area (Å²) in [5.41, 5.74) is 1.07. The molecular formula is C16H23NO3. The highest BCUT2D eigenvalue weighted by Crippen LogP contribution is 2.34. The summed E-state index contributed by atoms with van der Waals surface area (Å²) in [4.78, 5) is 2.37. The van der Waals surface area contributed by atoms with Crippen LogP contribution in [0, 0.1) is 5.92 Å². The Morgan fingerprint density at radius 2 is 2.15 bits per heavy atom. The van der Waals surface area contributed by atoms with Gasteiger partial charge in [-0.25, -0.2) is 0 Å². The van der Waals surface area contributed by atoms with Crippen molar-refractivity contribution in [1.29, 1.82) is 0 Å². The summed E-state index contributed by atoms with van der Waals surface area (Å²) < 4.78 is 12.0.